The van der Waals surface area contributed by atoms with Crippen LogP contribution in [0, 0.1) is 0 Å². The van der Waals surface area contributed by atoms with Crippen molar-refractivity contribution in [3.05, 3.63) is 24.3 Å². The molecule has 0 spiro atoms. The SMILES string of the molecule is O=C(CN1CCCCC1)Nc1ccc(OC2CC(N3CCCCC3)C2)cc1. The number of piperidine rings is 2. The smallest absolute Gasteiger partial charge is 0.238 e. The quantitative estimate of drug-likeness (QED) is 0.831. The predicted octanol–water partition coefficient (Wildman–Crippen LogP) is 3.51. The Balaban J connectivity index is 1.18. The lowest BCUT2D eigenvalue weighted by atomic mass is 9.86. The molecule has 0 radical (unpaired) electrons. The van der Waals surface area contributed by atoms with E-state index in [0.717, 1.165) is 43.4 Å². The van der Waals surface area contributed by atoms with Gasteiger partial charge >= 0.3 is 0 Å². The third kappa shape index (κ3) is 5.23. The molecule has 27 heavy (non-hydrogen) atoms. The number of benzene rings is 1. The van der Waals surface area contributed by atoms with Gasteiger partial charge in [-0.15, -0.1) is 0 Å². The van der Waals surface area contributed by atoms with Gasteiger partial charge in [0.2, 0.25) is 5.91 Å². The molecule has 1 saturated carbocycles. The summed E-state index contributed by atoms with van der Waals surface area (Å²) in [5, 5.41) is 3.00. The van der Waals surface area contributed by atoms with E-state index < -0.39 is 0 Å². The number of hydrogen-bond donors (Lipinski definition) is 1. The van der Waals surface area contributed by atoms with E-state index in [1.807, 2.05) is 24.3 Å². The van der Waals surface area contributed by atoms with Crippen molar-refractivity contribution in [1.29, 1.82) is 0 Å². The second-order valence-corrected chi connectivity index (χ2v) is 8.37. The molecular formula is C22H33N3O2. The third-order valence-electron chi connectivity index (χ3n) is 6.23. The monoisotopic (exact) mass is 371 g/mol. The van der Waals surface area contributed by atoms with Gasteiger partial charge in [-0.1, -0.05) is 12.8 Å². The Labute approximate surface area is 163 Å². The molecule has 1 aromatic carbocycles. The Morgan fingerprint density at radius 2 is 1.56 bits per heavy atom. The summed E-state index contributed by atoms with van der Waals surface area (Å²) in [6.07, 6.45) is 10.4. The Morgan fingerprint density at radius 1 is 0.926 bits per heavy atom. The summed E-state index contributed by atoms with van der Waals surface area (Å²) < 4.78 is 6.11. The van der Waals surface area contributed by atoms with Crippen LogP contribution < -0.4 is 10.1 Å². The van der Waals surface area contributed by atoms with E-state index in [9.17, 15) is 4.79 Å². The molecule has 2 saturated heterocycles. The van der Waals surface area contributed by atoms with Gasteiger partial charge in [-0.2, -0.15) is 0 Å². The van der Waals surface area contributed by atoms with E-state index in [1.165, 1.54) is 51.6 Å². The minimum absolute atomic E-state index is 0.0777. The average molecular weight is 372 g/mol. The molecule has 148 valence electrons. The van der Waals surface area contributed by atoms with Gasteiger partial charge in [0, 0.05) is 24.6 Å². The number of rotatable bonds is 6. The van der Waals surface area contributed by atoms with Gasteiger partial charge < -0.3 is 15.0 Å². The summed E-state index contributed by atoms with van der Waals surface area (Å²) in [6.45, 7) is 5.12. The molecule has 2 heterocycles. The Morgan fingerprint density at radius 3 is 2.22 bits per heavy atom. The van der Waals surface area contributed by atoms with Crippen molar-refractivity contribution < 1.29 is 9.53 Å². The van der Waals surface area contributed by atoms with E-state index in [0.29, 0.717) is 12.6 Å². The second kappa shape index (κ2) is 9.07. The highest BCUT2D eigenvalue weighted by molar-refractivity contribution is 5.92. The number of hydrogen-bond acceptors (Lipinski definition) is 4. The highest BCUT2D eigenvalue weighted by atomic mass is 16.5. The van der Waals surface area contributed by atoms with Gasteiger partial charge in [0.05, 0.1) is 6.54 Å². The van der Waals surface area contributed by atoms with Crippen LogP contribution in [0.4, 0.5) is 5.69 Å². The van der Waals surface area contributed by atoms with Crippen LogP contribution in [0.5, 0.6) is 5.75 Å². The first kappa shape index (κ1) is 18.8. The fraction of sp³-hybridized carbons (Fsp3) is 0.682. The first-order valence-electron chi connectivity index (χ1n) is 10.8. The summed E-state index contributed by atoms with van der Waals surface area (Å²) in [6, 6.07) is 8.58. The normalized spacial score (nSPS) is 27.0. The van der Waals surface area contributed by atoms with Crippen LogP contribution >= 0.6 is 0 Å². The topological polar surface area (TPSA) is 44.8 Å². The summed E-state index contributed by atoms with van der Waals surface area (Å²) >= 11 is 0. The van der Waals surface area contributed by atoms with Crippen molar-refractivity contribution in [2.75, 3.05) is 38.0 Å². The number of nitrogens with one attached hydrogen (secondary N) is 1. The molecule has 0 bridgehead atoms. The Kier molecular flexibility index (Phi) is 6.30. The van der Waals surface area contributed by atoms with Crippen LogP contribution in [0.3, 0.4) is 0 Å². The number of nitrogens with zero attached hydrogens (tertiary/aromatic N) is 2. The summed E-state index contributed by atoms with van der Waals surface area (Å²) in [7, 11) is 0. The molecule has 1 amide bonds. The molecule has 4 rings (SSSR count). The minimum atomic E-state index is 0.0777. The molecule has 0 aromatic heterocycles. The van der Waals surface area contributed by atoms with Crippen LogP contribution in [0.1, 0.15) is 51.4 Å². The predicted molar refractivity (Wildman–Crippen MR) is 108 cm³/mol. The minimum Gasteiger partial charge on any atom is -0.490 e. The van der Waals surface area contributed by atoms with Gasteiger partial charge in [-0.3, -0.25) is 9.69 Å². The first-order valence-corrected chi connectivity index (χ1v) is 10.8. The van der Waals surface area contributed by atoms with Crippen molar-refractivity contribution in [2.24, 2.45) is 0 Å². The number of amides is 1. The molecule has 3 aliphatic rings. The zero-order valence-electron chi connectivity index (χ0n) is 16.4. The maximum absolute atomic E-state index is 12.2. The summed E-state index contributed by atoms with van der Waals surface area (Å²) in [5.74, 6) is 0.986. The van der Waals surface area contributed by atoms with E-state index in [-0.39, 0.29) is 5.91 Å². The van der Waals surface area contributed by atoms with Crippen molar-refractivity contribution >= 4 is 11.6 Å². The second-order valence-electron chi connectivity index (χ2n) is 8.37. The molecule has 1 N–H and O–H groups in total. The van der Waals surface area contributed by atoms with Gasteiger partial charge in [0.15, 0.2) is 0 Å². The molecule has 3 fully saturated rings. The fourth-order valence-electron chi connectivity index (χ4n) is 4.55. The number of carbonyl (C=O) groups excluding carboxylic acids is 1. The highest BCUT2D eigenvalue weighted by Crippen LogP contribution is 2.31. The molecule has 1 aliphatic carbocycles. The van der Waals surface area contributed by atoms with Gasteiger partial charge in [-0.05, 0) is 76.1 Å². The van der Waals surface area contributed by atoms with E-state index in [1.54, 1.807) is 0 Å². The third-order valence-corrected chi connectivity index (χ3v) is 6.23. The molecular weight excluding hydrogens is 338 g/mol. The zero-order chi connectivity index (χ0) is 18.5. The summed E-state index contributed by atoms with van der Waals surface area (Å²) in [4.78, 5) is 17.1. The molecule has 5 heteroatoms. The molecule has 0 unspecified atom stereocenters. The van der Waals surface area contributed by atoms with Crippen LogP contribution in [0.15, 0.2) is 24.3 Å². The lowest BCUT2D eigenvalue weighted by Crippen LogP contribution is -2.50. The maximum atomic E-state index is 12.2. The van der Waals surface area contributed by atoms with Crippen molar-refractivity contribution in [3.8, 4) is 5.75 Å². The number of likely N-dealkylation sites (tertiary alicyclic amines) is 2. The molecule has 0 atom stereocenters. The van der Waals surface area contributed by atoms with Crippen molar-refractivity contribution in [1.82, 2.24) is 9.80 Å². The van der Waals surface area contributed by atoms with E-state index in [4.69, 9.17) is 4.74 Å². The van der Waals surface area contributed by atoms with Crippen LogP contribution in [0.2, 0.25) is 0 Å². The Bertz CT molecular complexity index is 600. The number of ether oxygens (including phenoxy) is 1. The lowest BCUT2D eigenvalue weighted by Gasteiger charge is -2.44. The zero-order valence-corrected chi connectivity index (χ0v) is 16.4. The molecule has 1 aromatic rings. The largest absolute Gasteiger partial charge is 0.490 e. The van der Waals surface area contributed by atoms with E-state index in [2.05, 4.69) is 15.1 Å². The van der Waals surface area contributed by atoms with Crippen LogP contribution in [-0.2, 0) is 4.79 Å². The van der Waals surface area contributed by atoms with Crippen LogP contribution in [-0.4, -0.2) is 60.6 Å². The standard InChI is InChI=1S/C22H33N3O2/c26-22(17-24-11-3-1-4-12-24)23-18-7-9-20(10-8-18)27-21-15-19(16-21)25-13-5-2-6-14-25/h7-10,19,21H,1-6,11-17H2,(H,23,26). The maximum Gasteiger partial charge on any atom is 0.238 e. The summed E-state index contributed by atoms with van der Waals surface area (Å²) in [5.41, 5.74) is 0.851. The lowest BCUT2D eigenvalue weighted by molar-refractivity contribution is -0.117. The Hall–Kier alpha value is -1.59. The van der Waals surface area contributed by atoms with Gasteiger partial charge in [-0.25, -0.2) is 0 Å². The fourth-order valence-corrected chi connectivity index (χ4v) is 4.55. The van der Waals surface area contributed by atoms with Gasteiger partial charge in [0.25, 0.3) is 0 Å². The van der Waals surface area contributed by atoms with Crippen molar-refractivity contribution in [3.63, 3.8) is 0 Å². The molecule has 2 aliphatic heterocycles. The number of anilines is 1. The average Bonchev–Trinajstić information content (AvgIpc) is 2.67. The van der Waals surface area contributed by atoms with Crippen LogP contribution in [0.25, 0.3) is 0 Å². The van der Waals surface area contributed by atoms with Gasteiger partial charge in [0.1, 0.15) is 11.9 Å². The highest BCUT2D eigenvalue weighted by Gasteiger charge is 2.35. The van der Waals surface area contributed by atoms with Crippen molar-refractivity contribution in [2.45, 2.75) is 63.5 Å². The van der Waals surface area contributed by atoms with E-state index >= 15 is 0 Å². The number of carbonyl (C=O) groups is 1. The molecule has 5 nitrogen and oxygen atoms in total. The first-order chi connectivity index (χ1) is 13.3.